The number of nitrogens with one attached hydrogen (secondary N) is 1. The van der Waals surface area contributed by atoms with E-state index in [1.54, 1.807) is 0 Å². The first kappa shape index (κ1) is 13.1. The molecule has 0 saturated heterocycles. The van der Waals surface area contributed by atoms with Crippen LogP contribution in [-0.4, -0.2) is 5.54 Å². The molecule has 17 heavy (non-hydrogen) atoms. The summed E-state index contributed by atoms with van der Waals surface area (Å²) in [7, 11) is 0. The fourth-order valence-corrected chi connectivity index (χ4v) is 3.25. The summed E-state index contributed by atoms with van der Waals surface area (Å²) in [5, 5.41) is 4.92. The van der Waals surface area contributed by atoms with E-state index in [0.717, 1.165) is 11.0 Å². The van der Waals surface area contributed by atoms with Gasteiger partial charge in [0.2, 0.25) is 0 Å². The van der Waals surface area contributed by atoms with Crippen molar-refractivity contribution in [3.8, 4) is 0 Å². The predicted molar refractivity (Wildman–Crippen MR) is 80.9 cm³/mol. The van der Waals surface area contributed by atoms with Crippen LogP contribution in [-0.2, 0) is 6.54 Å². The highest BCUT2D eigenvalue weighted by molar-refractivity contribution is 9.10. The maximum absolute atomic E-state index is 3.55. The summed E-state index contributed by atoms with van der Waals surface area (Å²) >= 11 is 5.43. The summed E-state index contributed by atoms with van der Waals surface area (Å²) in [6.45, 7) is 9.77. The molecule has 0 amide bonds. The molecule has 0 saturated carbocycles. The molecule has 0 aliphatic carbocycles. The molecule has 0 atom stereocenters. The lowest BCUT2D eigenvalue weighted by Gasteiger charge is -2.20. The number of hydrogen-bond acceptors (Lipinski definition) is 2. The number of thiophene rings is 1. The van der Waals surface area contributed by atoms with E-state index in [-0.39, 0.29) is 5.54 Å². The molecule has 0 radical (unpaired) electrons. The van der Waals surface area contributed by atoms with Crippen LogP contribution in [0.2, 0.25) is 0 Å². The first-order valence-electron chi connectivity index (χ1n) is 5.79. The van der Waals surface area contributed by atoms with Crippen molar-refractivity contribution >= 4 is 37.4 Å². The molecule has 1 N–H and O–H groups in total. The molecule has 0 aliphatic heterocycles. The third-order valence-corrected chi connectivity index (χ3v) is 4.54. The van der Waals surface area contributed by atoms with E-state index in [1.165, 1.54) is 20.5 Å². The quantitative estimate of drug-likeness (QED) is 0.835. The van der Waals surface area contributed by atoms with Crippen molar-refractivity contribution in [1.82, 2.24) is 5.32 Å². The van der Waals surface area contributed by atoms with Gasteiger partial charge in [-0.1, -0.05) is 15.9 Å². The molecule has 1 aromatic carbocycles. The average molecular weight is 312 g/mol. The third-order valence-electron chi connectivity index (χ3n) is 2.78. The Balaban J connectivity index is 2.33. The minimum absolute atomic E-state index is 0.170. The van der Waals surface area contributed by atoms with Gasteiger partial charge in [0, 0.05) is 26.1 Å². The van der Waals surface area contributed by atoms with Crippen molar-refractivity contribution in [3.63, 3.8) is 0 Å². The number of fused-ring (bicyclic) bond motifs is 1. The van der Waals surface area contributed by atoms with Gasteiger partial charge in [-0.25, -0.2) is 0 Å². The maximum Gasteiger partial charge on any atom is 0.0349 e. The largest absolute Gasteiger partial charge is 0.307 e. The van der Waals surface area contributed by atoms with Crippen LogP contribution in [0.1, 0.15) is 31.2 Å². The predicted octanol–water partition coefficient (Wildman–Crippen LogP) is 4.86. The Hall–Kier alpha value is -0.380. The van der Waals surface area contributed by atoms with E-state index in [0.29, 0.717) is 0 Å². The Kier molecular flexibility index (Phi) is 3.62. The lowest BCUT2D eigenvalue weighted by Crippen LogP contribution is -2.34. The van der Waals surface area contributed by atoms with Gasteiger partial charge in [0.05, 0.1) is 0 Å². The van der Waals surface area contributed by atoms with Crippen LogP contribution < -0.4 is 5.32 Å². The molecule has 0 unspecified atom stereocenters. The molecule has 2 aromatic rings. The zero-order valence-corrected chi connectivity index (χ0v) is 13.1. The second-order valence-electron chi connectivity index (χ2n) is 5.39. The van der Waals surface area contributed by atoms with E-state index < -0.39 is 0 Å². The van der Waals surface area contributed by atoms with Gasteiger partial charge < -0.3 is 5.32 Å². The van der Waals surface area contributed by atoms with Crippen molar-refractivity contribution in [2.24, 2.45) is 0 Å². The van der Waals surface area contributed by atoms with Crippen LogP contribution in [0.5, 0.6) is 0 Å². The van der Waals surface area contributed by atoms with Gasteiger partial charge in [-0.2, -0.15) is 0 Å². The Labute approximate surface area is 115 Å². The zero-order chi connectivity index (χ0) is 12.6. The SMILES string of the molecule is Cc1c(CNC(C)(C)C)sc2ccc(Br)cc12. The molecule has 2 rings (SSSR count). The Bertz CT molecular complexity index is 537. The third kappa shape index (κ3) is 3.09. The normalized spacial score (nSPS) is 12.3. The molecule has 92 valence electrons. The van der Waals surface area contributed by atoms with E-state index in [2.05, 4.69) is 67.1 Å². The highest BCUT2D eigenvalue weighted by Crippen LogP contribution is 2.32. The smallest absolute Gasteiger partial charge is 0.0349 e. The van der Waals surface area contributed by atoms with Gasteiger partial charge in [0.15, 0.2) is 0 Å². The van der Waals surface area contributed by atoms with Crippen LogP contribution in [0.15, 0.2) is 22.7 Å². The molecular formula is C14H18BrNS. The molecule has 0 fully saturated rings. The number of halogens is 1. The summed E-state index contributed by atoms with van der Waals surface area (Å²) in [6.07, 6.45) is 0. The summed E-state index contributed by atoms with van der Waals surface area (Å²) in [5.41, 5.74) is 1.58. The molecule has 1 heterocycles. The van der Waals surface area contributed by atoms with E-state index in [9.17, 15) is 0 Å². The van der Waals surface area contributed by atoms with Crippen molar-refractivity contribution in [2.45, 2.75) is 39.8 Å². The first-order chi connectivity index (χ1) is 7.87. The average Bonchev–Trinajstić information content (AvgIpc) is 2.52. The highest BCUT2D eigenvalue weighted by Gasteiger charge is 2.12. The van der Waals surface area contributed by atoms with E-state index in [1.807, 2.05) is 11.3 Å². The molecule has 3 heteroatoms. The molecule has 0 bridgehead atoms. The van der Waals surface area contributed by atoms with E-state index in [4.69, 9.17) is 0 Å². The summed E-state index contributed by atoms with van der Waals surface area (Å²) in [5.74, 6) is 0. The molecule has 1 aromatic heterocycles. The van der Waals surface area contributed by atoms with Crippen molar-refractivity contribution < 1.29 is 0 Å². The minimum Gasteiger partial charge on any atom is -0.307 e. The summed E-state index contributed by atoms with van der Waals surface area (Å²) in [6, 6.07) is 6.51. The lowest BCUT2D eigenvalue weighted by molar-refractivity contribution is 0.426. The van der Waals surface area contributed by atoms with Gasteiger partial charge >= 0.3 is 0 Å². The minimum atomic E-state index is 0.170. The van der Waals surface area contributed by atoms with Crippen molar-refractivity contribution in [1.29, 1.82) is 0 Å². The lowest BCUT2D eigenvalue weighted by atomic mass is 10.1. The fourth-order valence-electron chi connectivity index (χ4n) is 1.76. The number of aryl methyl sites for hydroxylation is 1. The van der Waals surface area contributed by atoms with Crippen molar-refractivity contribution in [3.05, 3.63) is 33.1 Å². The highest BCUT2D eigenvalue weighted by atomic mass is 79.9. The van der Waals surface area contributed by atoms with Crippen LogP contribution >= 0.6 is 27.3 Å². The second-order valence-corrected chi connectivity index (χ2v) is 7.45. The maximum atomic E-state index is 3.55. The van der Waals surface area contributed by atoms with E-state index >= 15 is 0 Å². The van der Waals surface area contributed by atoms with Gasteiger partial charge in [-0.3, -0.25) is 0 Å². The monoisotopic (exact) mass is 311 g/mol. The summed E-state index contributed by atoms with van der Waals surface area (Å²) in [4.78, 5) is 1.44. The number of benzene rings is 1. The van der Waals surface area contributed by atoms with Gasteiger partial charge in [-0.15, -0.1) is 11.3 Å². The van der Waals surface area contributed by atoms with Gasteiger partial charge in [0.25, 0.3) is 0 Å². The van der Waals surface area contributed by atoms with Crippen LogP contribution in [0, 0.1) is 6.92 Å². The van der Waals surface area contributed by atoms with Crippen LogP contribution in [0.4, 0.5) is 0 Å². The van der Waals surface area contributed by atoms with Gasteiger partial charge in [0.1, 0.15) is 0 Å². The Morgan fingerprint density at radius 1 is 1.29 bits per heavy atom. The molecule has 0 aliphatic rings. The molecule has 1 nitrogen and oxygen atoms in total. The zero-order valence-electron chi connectivity index (χ0n) is 10.7. The van der Waals surface area contributed by atoms with Gasteiger partial charge in [-0.05, 0) is 56.8 Å². The first-order valence-corrected chi connectivity index (χ1v) is 7.40. The standard InChI is InChI=1S/C14H18BrNS/c1-9-11-7-10(15)5-6-12(11)17-13(9)8-16-14(2,3)4/h5-7,16H,8H2,1-4H3. The van der Waals surface area contributed by atoms with Crippen molar-refractivity contribution in [2.75, 3.05) is 0 Å². The van der Waals surface area contributed by atoms with Crippen LogP contribution in [0.25, 0.3) is 10.1 Å². The second kappa shape index (κ2) is 4.71. The molecular weight excluding hydrogens is 294 g/mol. The fraction of sp³-hybridized carbons (Fsp3) is 0.429. The molecule has 0 spiro atoms. The topological polar surface area (TPSA) is 12.0 Å². The summed E-state index contributed by atoms with van der Waals surface area (Å²) < 4.78 is 2.53. The Morgan fingerprint density at radius 2 is 2.00 bits per heavy atom. The number of rotatable bonds is 2. The Morgan fingerprint density at radius 3 is 2.65 bits per heavy atom. The van der Waals surface area contributed by atoms with Crippen LogP contribution in [0.3, 0.4) is 0 Å². The number of hydrogen-bond donors (Lipinski definition) is 1.